The number of benzene rings is 2. The number of hydrogen-bond donors (Lipinski definition) is 2. The first-order valence-corrected chi connectivity index (χ1v) is 8.58. The summed E-state index contributed by atoms with van der Waals surface area (Å²) in [6.45, 7) is 5.36. The number of aliphatic hydroxyl groups excluding tert-OH is 1. The number of carbonyl (C=O) groups is 1. The Morgan fingerprint density at radius 3 is 2.40 bits per heavy atom. The van der Waals surface area contributed by atoms with Crippen molar-refractivity contribution in [1.82, 2.24) is 9.80 Å². The minimum absolute atomic E-state index is 0.0149. The second kappa shape index (κ2) is 7.68. The second-order valence-corrected chi connectivity index (χ2v) is 6.57. The lowest BCUT2D eigenvalue weighted by molar-refractivity contribution is 0.0527. The van der Waals surface area contributed by atoms with E-state index in [1.54, 1.807) is 12.1 Å². The zero-order chi connectivity index (χ0) is 17.8. The molecule has 1 aliphatic rings. The highest BCUT2D eigenvalue weighted by atomic mass is 16.3. The Hall–Kier alpha value is -2.37. The van der Waals surface area contributed by atoms with Gasteiger partial charge in [0.05, 0.1) is 6.10 Å². The largest absolute Gasteiger partial charge is 0.508 e. The fraction of sp³-hybridized carbons (Fsp3) is 0.350. The summed E-state index contributed by atoms with van der Waals surface area (Å²) in [6, 6.07) is 14.3. The maximum absolute atomic E-state index is 12.5. The number of nitrogens with zero attached hydrogens (tertiary/aromatic N) is 2. The number of amides is 1. The molecule has 0 aliphatic carbocycles. The van der Waals surface area contributed by atoms with Crippen molar-refractivity contribution in [2.75, 3.05) is 32.7 Å². The number of aryl methyl sites for hydroxylation is 1. The van der Waals surface area contributed by atoms with Crippen molar-refractivity contribution < 1.29 is 15.0 Å². The smallest absolute Gasteiger partial charge is 0.253 e. The molecule has 3 rings (SSSR count). The van der Waals surface area contributed by atoms with Gasteiger partial charge in [0, 0.05) is 38.3 Å². The topological polar surface area (TPSA) is 64.0 Å². The number of piperazine rings is 1. The molecule has 5 heteroatoms. The summed E-state index contributed by atoms with van der Waals surface area (Å²) in [5, 5.41) is 19.8. The van der Waals surface area contributed by atoms with Gasteiger partial charge in [-0.15, -0.1) is 0 Å². The minimum Gasteiger partial charge on any atom is -0.508 e. The molecule has 1 fully saturated rings. The molecule has 0 radical (unpaired) electrons. The van der Waals surface area contributed by atoms with Crippen molar-refractivity contribution in [1.29, 1.82) is 0 Å². The van der Waals surface area contributed by atoms with Crippen LogP contribution in [0, 0.1) is 6.92 Å². The highest BCUT2D eigenvalue weighted by Crippen LogP contribution is 2.18. The molecular formula is C20H24N2O3. The van der Waals surface area contributed by atoms with Crippen LogP contribution in [-0.4, -0.2) is 58.6 Å². The van der Waals surface area contributed by atoms with Crippen LogP contribution in [0.25, 0.3) is 0 Å². The van der Waals surface area contributed by atoms with Crippen LogP contribution < -0.4 is 0 Å². The van der Waals surface area contributed by atoms with Gasteiger partial charge in [0.25, 0.3) is 5.91 Å². The van der Waals surface area contributed by atoms with Crippen molar-refractivity contribution in [3.63, 3.8) is 0 Å². The summed E-state index contributed by atoms with van der Waals surface area (Å²) in [5.74, 6) is 0.144. The summed E-state index contributed by atoms with van der Waals surface area (Å²) in [6.07, 6.45) is -0.515. The van der Waals surface area contributed by atoms with Crippen LogP contribution in [-0.2, 0) is 0 Å². The van der Waals surface area contributed by atoms with Crippen LogP contribution in [0.2, 0.25) is 0 Å². The Morgan fingerprint density at radius 2 is 1.76 bits per heavy atom. The standard InChI is InChI=1S/C20H24N2O3/c1-15-3-2-4-17(13-15)19(24)14-21-9-11-22(12-10-21)20(25)16-5-7-18(23)8-6-16/h2-8,13,19,23-24H,9-12,14H2,1H3. The fourth-order valence-electron chi connectivity index (χ4n) is 3.15. The highest BCUT2D eigenvalue weighted by Gasteiger charge is 2.23. The maximum atomic E-state index is 12.5. The average Bonchev–Trinajstić information content (AvgIpc) is 2.62. The lowest BCUT2D eigenvalue weighted by atomic mass is 10.1. The molecular weight excluding hydrogens is 316 g/mol. The first-order valence-electron chi connectivity index (χ1n) is 8.58. The fourth-order valence-corrected chi connectivity index (χ4v) is 3.15. The SMILES string of the molecule is Cc1cccc(C(O)CN2CCN(C(=O)c3ccc(O)cc3)CC2)c1. The van der Waals surface area contributed by atoms with Gasteiger partial charge in [-0.2, -0.15) is 0 Å². The number of rotatable bonds is 4. The number of phenolic OH excluding ortho intramolecular Hbond substituents is 1. The van der Waals surface area contributed by atoms with Gasteiger partial charge >= 0.3 is 0 Å². The third kappa shape index (κ3) is 4.38. The van der Waals surface area contributed by atoms with Gasteiger partial charge in [0.1, 0.15) is 5.75 Å². The first kappa shape index (κ1) is 17.5. The number of aromatic hydroxyl groups is 1. The number of carbonyl (C=O) groups excluding carboxylic acids is 1. The van der Waals surface area contributed by atoms with E-state index in [0.717, 1.165) is 24.2 Å². The highest BCUT2D eigenvalue weighted by molar-refractivity contribution is 5.94. The third-order valence-electron chi connectivity index (χ3n) is 4.63. The van der Waals surface area contributed by atoms with Crippen LogP contribution in [0.4, 0.5) is 0 Å². The zero-order valence-electron chi connectivity index (χ0n) is 14.4. The van der Waals surface area contributed by atoms with E-state index in [0.29, 0.717) is 25.2 Å². The Balaban J connectivity index is 1.53. The van der Waals surface area contributed by atoms with Gasteiger partial charge in [-0.1, -0.05) is 29.8 Å². The molecule has 2 N–H and O–H groups in total. The Bertz CT molecular complexity index is 722. The molecule has 1 amide bonds. The number of aliphatic hydroxyl groups is 1. The van der Waals surface area contributed by atoms with E-state index in [2.05, 4.69) is 4.90 Å². The zero-order valence-corrected chi connectivity index (χ0v) is 14.4. The third-order valence-corrected chi connectivity index (χ3v) is 4.63. The van der Waals surface area contributed by atoms with Crippen LogP contribution in [0.15, 0.2) is 48.5 Å². The van der Waals surface area contributed by atoms with E-state index < -0.39 is 6.10 Å². The molecule has 0 aromatic heterocycles. The molecule has 1 heterocycles. The predicted molar refractivity (Wildman–Crippen MR) is 96.6 cm³/mol. The molecule has 0 bridgehead atoms. The van der Waals surface area contributed by atoms with Crippen LogP contribution in [0.5, 0.6) is 5.75 Å². The monoisotopic (exact) mass is 340 g/mol. The quantitative estimate of drug-likeness (QED) is 0.896. The average molecular weight is 340 g/mol. The molecule has 0 saturated carbocycles. The summed E-state index contributed by atoms with van der Waals surface area (Å²) in [7, 11) is 0. The van der Waals surface area contributed by atoms with E-state index in [1.165, 1.54) is 12.1 Å². The summed E-state index contributed by atoms with van der Waals surface area (Å²) in [5.41, 5.74) is 2.66. The van der Waals surface area contributed by atoms with Crippen LogP contribution >= 0.6 is 0 Å². The molecule has 1 unspecified atom stereocenters. The molecule has 2 aromatic carbocycles. The molecule has 1 atom stereocenters. The van der Waals surface area contributed by atoms with E-state index in [9.17, 15) is 15.0 Å². The van der Waals surface area contributed by atoms with Gasteiger partial charge in [-0.3, -0.25) is 9.69 Å². The van der Waals surface area contributed by atoms with Gasteiger partial charge in [-0.25, -0.2) is 0 Å². The van der Waals surface area contributed by atoms with Gasteiger partial charge in [0.15, 0.2) is 0 Å². The number of β-amino-alcohol motifs (C(OH)–C–C–N with tert-alkyl or cyclic N) is 1. The van der Waals surface area contributed by atoms with E-state index in [-0.39, 0.29) is 11.7 Å². The van der Waals surface area contributed by atoms with Crippen LogP contribution in [0.3, 0.4) is 0 Å². The van der Waals surface area contributed by atoms with Crippen molar-refractivity contribution in [2.45, 2.75) is 13.0 Å². The van der Waals surface area contributed by atoms with E-state index in [4.69, 9.17) is 0 Å². The van der Waals surface area contributed by atoms with Gasteiger partial charge in [-0.05, 0) is 36.8 Å². The molecule has 1 saturated heterocycles. The van der Waals surface area contributed by atoms with Crippen molar-refractivity contribution in [3.8, 4) is 5.75 Å². The lowest BCUT2D eigenvalue weighted by Gasteiger charge is -2.35. The van der Waals surface area contributed by atoms with E-state index >= 15 is 0 Å². The summed E-state index contributed by atoms with van der Waals surface area (Å²) >= 11 is 0. The van der Waals surface area contributed by atoms with Crippen molar-refractivity contribution in [3.05, 3.63) is 65.2 Å². The van der Waals surface area contributed by atoms with Crippen molar-refractivity contribution >= 4 is 5.91 Å². The first-order chi connectivity index (χ1) is 12.0. The molecule has 5 nitrogen and oxygen atoms in total. The summed E-state index contributed by atoms with van der Waals surface area (Å²) in [4.78, 5) is 16.5. The Morgan fingerprint density at radius 1 is 1.08 bits per heavy atom. The molecule has 25 heavy (non-hydrogen) atoms. The molecule has 2 aromatic rings. The number of phenols is 1. The van der Waals surface area contributed by atoms with Gasteiger partial charge in [0.2, 0.25) is 0 Å². The number of hydrogen-bond acceptors (Lipinski definition) is 4. The summed E-state index contributed by atoms with van der Waals surface area (Å²) < 4.78 is 0. The minimum atomic E-state index is -0.515. The molecule has 0 spiro atoms. The Kier molecular flexibility index (Phi) is 5.36. The molecule has 1 aliphatic heterocycles. The van der Waals surface area contributed by atoms with Gasteiger partial charge < -0.3 is 15.1 Å². The van der Waals surface area contributed by atoms with Crippen molar-refractivity contribution in [2.24, 2.45) is 0 Å². The van der Waals surface area contributed by atoms with E-state index in [1.807, 2.05) is 36.1 Å². The molecule has 132 valence electrons. The normalized spacial score (nSPS) is 16.6. The maximum Gasteiger partial charge on any atom is 0.253 e. The van der Waals surface area contributed by atoms with Crippen LogP contribution in [0.1, 0.15) is 27.6 Å². The predicted octanol–water partition coefficient (Wildman–Crippen LogP) is 2.19. The second-order valence-electron chi connectivity index (χ2n) is 6.57. The Labute approximate surface area is 148 Å². The lowest BCUT2D eigenvalue weighted by Crippen LogP contribution is -2.49.